The highest BCUT2D eigenvalue weighted by molar-refractivity contribution is 5.85. The summed E-state index contributed by atoms with van der Waals surface area (Å²) in [4.78, 5) is 22.4. The van der Waals surface area contributed by atoms with Gasteiger partial charge in [-0.15, -0.1) is 0 Å². The summed E-state index contributed by atoms with van der Waals surface area (Å²) < 4.78 is 25.1. The molecule has 0 aromatic heterocycles. The quantitative estimate of drug-likeness (QED) is 0.778. The highest BCUT2D eigenvalue weighted by atomic mass is 19.3. The summed E-state index contributed by atoms with van der Waals surface area (Å²) in [6, 6.07) is -0.989. The number of carbonyl (C=O) groups excluding carboxylic acids is 1. The molecule has 1 unspecified atom stereocenters. The van der Waals surface area contributed by atoms with Gasteiger partial charge >= 0.3 is 5.97 Å². The molecule has 0 aromatic carbocycles. The molecular weight excluding hydrogens is 232 g/mol. The second-order valence-electron chi connectivity index (χ2n) is 4.99. The van der Waals surface area contributed by atoms with Crippen LogP contribution in [-0.2, 0) is 9.59 Å². The summed E-state index contributed by atoms with van der Waals surface area (Å²) in [6.07, 6.45) is -0.663. The molecule has 0 saturated heterocycles. The molecule has 17 heavy (non-hydrogen) atoms. The number of carboxylic acid groups (broad SMARTS) is 1. The van der Waals surface area contributed by atoms with Crippen LogP contribution in [-0.4, -0.2) is 28.9 Å². The van der Waals surface area contributed by atoms with Gasteiger partial charge in [0.1, 0.15) is 6.04 Å². The normalized spacial score (nSPS) is 20.8. The van der Waals surface area contributed by atoms with E-state index in [-0.39, 0.29) is 5.92 Å². The van der Waals surface area contributed by atoms with Gasteiger partial charge in [-0.1, -0.05) is 13.8 Å². The van der Waals surface area contributed by atoms with Gasteiger partial charge in [0.25, 0.3) is 0 Å². The molecule has 1 aliphatic rings. The van der Waals surface area contributed by atoms with Gasteiger partial charge in [-0.3, -0.25) is 4.79 Å². The molecule has 0 spiro atoms. The SMILES string of the molecule is CC(C)CC(NC(=O)C1CC(F)(F)C1)C(=O)O. The molecule has 0 radical (unpaired) electrons. The molecule has 98 valence electrons. The van der Waals surface area contributed by atoms with E-state index in [1.807, 2.05) is 13.8 Å². The number of alkyl halides is 2. The number of nitrogens with one attached hydrogen (secondary N) is 1. The molecular formula is C11H17F2NO3. The van der Waals surface area contributed by atoms with Crippen molar-refractivity contribution in [1.82, 2.24) is 5.32 Å². The van der Waals surface area contributed by atoms with Crippen LogP contribution in [0.4, 0.5) is 8.78 Å². The Morgan fingerprint density at radius 2 is 1.94 bits per heavy atom. The van der Waals surface area contributed by atoms with Crippen LogP contribution in [0.15, 0.2) is 0 Å². The molecule has 1 saturated carbocycles. The highest BCUT2D eigenvalue weighted by Gasteiger charge is 2.49. The molecule has 0 aliphatic heterocycles. The number of hydrogen-bond acceptors (Lipinski definition) is 2. The fourth-order valence-electron chi connectivity index (χ4n) is 1.83. The zero-order chi connectivity index (χ0) is 13.2. The Hall–Kier alpha value is -1.20. The fraction of sp³-hybridized carbons (Fsp3) is 0.818. The van der Waals surface area contributed by atoms with E-state index in [9.17, 15) is 18.4 Å². The lowest BCUT2D eigenvalue weighted by atomic mass is 9.80. The molecule has 1 amide bonds. The van der Waals surface area contributed by atoms with Crippen LogP contribution >= 0.6 is 0 Å². The minimum Gasteiger partial charge on any atom is -0.480 e. The van der Waals surface area contributed by atoms with Crippen LogP contribution in [0.25, 0.3) is 0 Å². The Morgan fingerprint density at radius 1 is 1.41 bits per heavy atom. The van der Waals surface area contributed by atoms with Gasteiger partial charge in [-0.25, -0.2) is 13.6 Å². The number of amides is 1. The smallest absolute Gasteiger partial charge is 0.326 e. The van der Waals surface area contributed by atoms with E-state index < -0.39 is 42.6 Å². The fourth-order valence-corrected chi connectivity index (χ4v) is 1.83. The van der Waals surface area contributed by atoms with Gasteiger partial charge < -0.3 is 10.4 Å². The number of hydrogen-bond donors (Lipinski definition) is 2. The monoisotopic (exact) mass is 249 g/mol. The van der Waals surface area contributed by atoms with E-state index in [1.165, 1.54) is 0 Å². The van der Waals surface area contributed by atoms with E-state index in [1.54, 1.807) is 0 Å². The van der Waals surface area contributed by atoms with Gasteiger partial charge in [-0.05, 0) is 12.3 Å². The average Bonchev–Trinajstić information content (AvgIpc) is 2.11. The Labute approximate surface area is 98.4 Å². The van der Waals surface area contributed by atoms with E-state index >= 15 is 0 Å². The van der Waals surface area contributed by atoms with Crippen LogP contribution in [0.2, 0.25) is 0 Å². The van der Waals surface area contributed by atoms with Crippen molar-refractivity contribution in [2.75, 3.05) is 0 Å². The standard InChI is InChI=1S/C11H17F2NO3/c1-6(2)3-8(10(16)17)14-9(15)7-4-11(12,13)5-7/h6-8H,3-5H2,1-2H3,(H,14,15)(H,16,17). The molecule has 0 heterocycles. The number of carboxylic acids is 1. The van der Waals surface area contributed by atoms with Crippen molar-refractivity contribution in [3.63, 3.8) is 0 Å². The molecule has 1 fully saturated rings. The molecule has 0 bridgehead atoms. The maximum Gasteiger partial charge on any atom is 0.326 e. The second kappa shape index (κ2) is 4.98. The lowest BCUT2D eigenvalue weighted by Gasteiger charge is -2.34. The van der Waals surface area contributed by atoms with Crippen LogP contribution in [0.1, 0.15) is 33.1 Å². The summed E-state index contributed by atoms with van der Waals surface area (Å²) in [5, 5.41) is 11.2. The third-order valence-corrected chi connectivity index (χ3v) is 2.78. The largest absolute Gasteiger partial charge is 0.480 e. The second-order valence-corrected chi connectivity index (χ2v) is 4.99. The first-order valence-electron chi connectivity index (χ1n) is 5.62. The summed E-state index contributed by atoms with van der Waals surface area (Å²) in [5.74, 6) is -5.11. The third kappa shape index (κ3) is 3.94. The predicted molar refractivity (Wildman–Crippen MR) is 56.7 cm³/mol. The topological polar surface area (TPSA) is 66.4 Å². The van der Waals surface area contributed by atoms with E-state index in [0.29, 0.717) is 6.42 Å². The number of rotatable bonds is 5. The molecule has 1 rings (SSSR count). The van der Waals surface area contributed by atoms with E-state index in [2.05, 4.69) is 5.32 Å². The number of aliphatic carboxylic acids is 1. The summed E-state index contributed by atoms with van der Waals surface area (Å²) in [7, 11) is 0. The third-order valence-electron chi connectivity index (χ3n) is 2.78. The Bertz CT molecular complexity index is 310. The van der Waals surface area contributed by atoms with Crippen molar-refractivity contribution in [1.29, 1.82) is 0 Å². The van der Waals surface area contributed by atoms with Gasteiger partial charge in [0.05, 0.1) is 0 Å². The molecule has 1 aliphatic carbocycles. The predicted octanol–water partition coefficient (Wildman–Crippen LogP) is 1.65. The average molecular weight is 249 g/mol. The van der Waals surface area contributed by atoms with Crippen molar-refractivity contribution in [3.8, 4) is 0 Å². The zero-order valence-electron chi connectivity index (χ0n) is 9.87. The Balaban J connectivity index is 2.45. The highest BCUT2D eigenvalue weighted by Crippen LogP contribution is 2.42. The van der Waals surface area contributed by atoms with Crippen molar-refractivity contribution in [2.45, 2.75) is 45.1 Å². The Kier molecular flexibility index (Phi) is 4.06. The van der Waals surface area contributed by atoms with Crippen molar-refractivity contribution in [2.24, 2.45) is 11.8 Å². The maximum absolute atomic E-state index is 12.6. The van der Waals surface area contributed by atoms with Crippen molar-refractivity contribution < 1.29 is 23.5 Å². The van der Waals surface area contributed by atoms with Crippen molar-refractivity contribution in [3.05, 3.63) is 0 Å². The number of carbonyl (C=O) groups is 2. The molecule has 6 heteroatoms. The summed E-state index contributed by atoms with van der Waals surface area (Å²) in [6.45, 7) is 3.67. The van der Waals surface area contributed by atoms with Gasteiger partial charge in [-0.2, -0.15) is 0 Å². The molecule has 4 nitrogen and oxygen atoms in total. The minimum absolute atomic E-state index is 0.110. The van der Waals surface area contributed by atoms with Crippen molar-refractivity contribution >= 4 is 11.9 Å². The summed E-state index contributed by atoms with van der Waals surface area (Å²) >= 11 is 0. The molecule has 2 N–H and O–H groups in total. The first-order chi connectivity index (χ1) is 7.71. The first kappa shape index (κ1) is 13.9. The summed E-state index contributed by atoms with van der Waals surface area (Å²) in [5.41, 5.74) is 0. The van der Waals surface area contributed by atoms with E-state index in [4.69, 9.17) is 5.11 Å². The van der Waals surface area contributed by atoms with Crippen LogP contribution in [0.5, 0.6) is 0 Å². The van der Waals surface area contributed by atoms with Gasteiger partial charge in [0.15, 0.2) is 0 Å². The zero-order valence-corrected chi connectivity index (χ0v) is 9.87. The van der Waals surface area contributed by atoms with Gasteiger partial charge in [0.2, 0.25) is 11.8 Å². The van der Waals surface area contributed by atoms with Gasteiger partial charge in [0, 0.05) is 18.8 Å². The molecule has 0 aromatic rings. The van der Waals surface area contributed by atoms with E-state index in [0.717, 1.165) is 0 Å². The lowest BCUT2D eigenvalue weighted by molar-refractivity contribution is -0.154. The van der Waals surface area contributed by atoms with Crippen LogP contribution < -0.4 is 5.32 Å². The Morgan fingerprint density at radius 3 is 2.29 bits per heavy atom. The van der Waals surface area contributed by atoms with Crippen LogP contribution in [0.3, 0.4) is 0 Å². The lowest BCUT2D eigenvalue weighted by Crippen LogP contribution is -2.50. The van der Waals surface area contributed by atoms with Crippen LogP contribution in [0, 0.1) is 11.8 Å². The first-order valence-corrected chi connectivity index (χ1v) is 5.62. The minimum atomic E-state index is -2.77. The number of halogens is 2. The molecule has 1 atom stereocenters. The maximum atomic E-state index is 12.6.